The van der Waals surface area contributed by atoms with E-state index in [9.17, 15) is 0 Å². The molecule has 2 aromatic carbocycles. The van der Waals surface area contributed by atoms with Gasteiger partial charge >= 0.3 is 0 Å². The number of fused-ring (bicyclic) bond motifs is 1. The van der Waals surface area contributed by atoms with E-state index >= 15 is 0 Å². The number of aromatic nitrogens is 1. The Kier molecular flexibility index (Phi) is 3.48. The van der Waals surface area contributed by atoms with E-state index in [0.29, 0.717) is 40.7 Å². The van der Waals surface area contributed by atoms with E-state index in [1.54, 1.807) is 12.1 Å². The molecule has 0 saturated heterocycles. The average molecular weight is 289 g/mol. The lowest BCUT2D eigenvalue weighted by molar-refractivity contribution is 0.308. The Hall–Kier alpha value is -2.20. The SMILES string of the molecule is Nc1cc2oc(CCOc3ccccc3)nc2cc1Cl. The molecule has 1 heterocycles. The molecule has 0 unspecified atom stereocenters. The highest BCUT2D eigenvalue weighted by Gasteiger charge is 2.08. The fourth-order valence-electron chi connectivity index (χ4n) is 1.89. The average Bonchev–Trinajstić information content (AvgIpc) is 2.82. The first-order chi connectivity index (χ1) is 9.72. The number of nitrogens with two attached hydrogens (primary N) is 1. The molecule has 102 valence electrons. The Labute approximate surface area is 121 Å². The molecular weight excluding hydrogens is 276 g/mol. The lowest BCUT2D eigenvalue weighted by Crippen LogP contribution is -2.01. The first-order valence-corrected chi connectivity index (χ1v) is 6.62. The molecule has 3 aromatic rings. The van der Waals surface area contributed by atoms with Crippen LogP contribution in [0.15, 0.2) is 46.9 Å². The highest BCUT2D eigenvalue weighted by molar-refractivity contribution is 6.33. The van der Waals surface area contributed by atoms with Gasteiger partial charge in [0.1, 0.15) is 11.3 Å². The largest absolute Gasteiger partial charge is 0.493 e. The maximum absolute atomic E-state index is 5.95. The molecule has 0 aliphatic rings. The van der Waals surface area contributed by atoms with Gasteiger partial charge in [-0.15, -0.1) is 0 Å². The summed E-state index contributed by atoms with van der Waals surface area (Å²) in [6.45, 7) is 0.500. The Balaban J connectivity index is 1.69. The molecule has 2 N–H and O–H groups in total. The van der Waals surface area contributed by atoms with Gasteiger partial charge < -0.3 is 14.9 Å². The minimum atomic E-state index is 0.484. The summed E-state index contributed by atoms with van der Waals surface area (Å²) in [4.78, 5) is 4.36. The number of benzene rings is 2. The normalized spacial score (nSPS) is 10.8. The van der Waals surface area contributed by atoms with Crippen molar-refractivity contribution < 1.29 is 9.15 Å². The Bertz CT molecular complexity index is 686. The van der Waals surface area contributed by atoms with E-state index in [1.807, 2.05) is 30.3 Å². The van der Waals surface area contributed by atoms with E-state index in [-0.39, 0.29) is 0 Å². The number of nitrogen functional groups attached to an aromatic ring is 1. The third-order valence-corrected chi connectivity index (χ3v) is 3.21. The second-order valence-electron chi connectivity index (χ2n) is 4.36. The smallest absolute Gasteiger partial charge is 0.198 e. The van der Waals surface area contributed by atoms with Gasteiger partial charge in [0.05, 0.1) is 23.7 Å². The molecule has 0 atom stereocenters. The van der Waals surface area contributed by atoms with Crippen molar-refractivity contribution in [3.63, 3.8) is 0 Å². The van der Waals surface area contributed by atoms with Crippen molar-refractivity contribution in [2.45, 2.75) is 6.42 Å². The number of oxazole rings is 1. The number of halogens is 1. The van der Waals surface area contributed by atoms with E-state index in [0.717, 1.165) is 5.75 Å². The maximum atomic E-state index is 5.95. The van der Waals surface area contributed by atoms with Gasteiger partial charge in [0.25, 0.3) is 0 Å². The number of hydrogen-bond acceptors (Lipinski definition) is 4. The summed E-state index contributed by atoms with van der Waals surface area (Å²) in [7, 11) is 0. The third kappa shape index (κ3) is 2.70. The van der Waals surface area contributed by atoms with Crippen LogP contribution in [0.1, 0.15) is 5.89 Å². The van der Waals surface area contributed by atoms with Crippen molar-refractivity contribution >= 4 is 28.4 Å². The zero-order valence-electron chi connectivity index (χ0n) is 10.7. The Morgan fingerprint density at radius 3 is 2.80 bits per heavy atom. The van der Waals surface area contributed by atoms with Crippen LogP contribution in [0.25, 0.3) is 11.1 Å². The van der Waals surface area contributed by atoms with Crippen molar-refractivity contribution in [2.75, 3.05) is 12.3 Å². The van der Waals surface area contributed by atoms with Crippen LogP contribution >= 0.6 is 11.6 Å². The number of anilines is 1. The molecule has 0 fully saturated rings. The van der Waals surface area contributed by atoms with Gasteiger partial charge in [0.2, 0.25) is 0 Å². The number of hydrogen-bond donors (Lipinski definition) is 1. The lowest BCUT2D eigenvalue weighted by Gasteiger charge is -2.03. The van der Waals surface area contributed by atoms with Gasteiger partial charge in [-0.3, -0.25) is 0 Å². The molecule has 0 aliphatic carbocycles. The molecule has 0 bridgehead atoms. The Morgan fingerprint density at radius 2 is 2.00 bits per heavy atom. The minimum absolute atomic E-state index is 0.484. The summed E-state index contributed by atoms with van der Waals surface area (Å²) in [5.41, 5.74) is 7.56. The van der Waals surface area contributed by atoms with E-state index in [2.05, 4.69) is 4.98 Å². The fraction of sp³-hybridized carbons (Fsp3) is 0.133. The summed E-state index contributed by atoms with van der Waals surface area (Å²) in [5, 5.41) is 0.484. The molecule has 0 amide bonds. The number of nitrogens with zero attached hydrogens (tertiary/aromatic N) is 1. The first kappa shape index (κ1) is 12.8. The highest BCUT2D eigenvalue weighted by atomic mass is 35.5. The van der Waals surface area contributed by atoms with Gasteiger partial charge in [-0.05, 0) is 18.2 Å². The van der Waals surface area contributed by atoms with Crippen LogP contribution in [0.3, 0.4) is 0 Å². The molecule has 0 spiro atoms. The van der Waals surface area contributed by atoms with Crippen molar-refractivity contribution in [1.29, 1.82) is 0 Å². The van der Waals surface area contributed by atoms with E-state index < -0.39 is 0 Å². The number of rotatable bonds is 4. The van der Waals surface area contributed by atoms with Gasteiger partial charge in [-0.25, -0.2) is 4.98 Å². The highest BCUT2D eigenvalue weighted by Crippen LogP contribution is 2.26. The van der Waals surface area contributed by atoms with Crippen LogP contribution in [0.2, 0.25) is 5.02 Å². The predicted molar refractivity (Wildman–Crippen MR) is 79.1 cm³/mol. The molecule has 0 aliphatic heterocycles. The number of ether oxygens (including phenoxy) is 1. The van der Waals surface area contributed by atoms with Crippen LogP contribution in [-0.4, -0.2) is 11.6 Å². The monoisotopic (exact) mass is 288 g/mol. The molecular formula is C15H13ClN2O2. The first-order valence-electron chi connectivity index (χ1n) is 6.24. The topological polar surface area (TPSA) is 61.3 Å². The second kappa shape index (κ2) is 5.43. The molecule has 1 aromatic heterocycles. The zero-order chi connectivity index (χ0) is 13.9. The molecule has 5 heteroatoms. The van der Waals surface area contributed by atoms with Crippen LogP contribution in [0.5, 0.6) is 5.75 Å². The van der Waals surface area contributed by atoms with Gasteiger partial charge in [0, 0.05) is 6.07 Å². The summed E-state index contributed by atoms with van der Waals surface area (Å²) < 4.78 is 11.2. The predicted octanol–water partition coefficient (Wildman–Crippen LogP) is 3.68. The van der Waals surface area contributed by atoms with Crippen molar-refractivity contribution in [1.82, 2.24) is 4.98 Å². The number of para-hydroxylation sites is 1. The van der Waals surface area contributed by atoms with Crippen molar-refractivity contribution in [3.8, 4) is 5.75 Å². The standard InChI is InChI=1S/C15H13ClN2O2/c16-11-8-13-14(9-12(11)17)20-15(18-13)6-7-19-10-4-2-1-3-5-10/h1-5,8-9H,6-7,17H2. The summed E-state index contributed by atoms with van der Waals surface area (Å²) in [6, 6.07) is 13.0. The summed E-state index contributed by atoms with van der Waals surface area (Å²) >= 11 is 5.95. The molecule has 4 nitrogen and oxygen atoms in total. The molecule has 0 radical (unpaired) electrons. The second-order valence-corrected chi connectivity index (χ2v) is 4.77. The van der Waals surface area contributed by atoms with Crippen LogP contribution in [0, 0.1) is 0 Å². The van der Waals surface area contributed by atoms with Gasteiger partial charge in [0.15, 0.2) is 11.5 Å². The summed E-state index contributed by atoms with van der Waals surface area (Å²) in [6.07, 6.45) is 0.584. The van der Waals surface area contributed by atoms with E-state index in [1.165, 1.54) is 0 Å². The quantitative estimate of drug-likeness (QED) is 0.744. The van der Waals surface area contributed by atoms with Gasteiger partial charge in [-0.2, -0.15) is 0 Å². The van der Waals surface area contributed by atoms with Crippen LogP contribution in [-0.2, 0) is 6.42 Å². The van der Waals surface area contributed by atoms with Crippen molar-refractivity contribution in [3.05, 3.63) is 53.4 Å². The van der Waals surface area contributed by atoms with Gasteiger partial charge in [-0.1, -0.05) is 29.8 Å². The molecule has 3 rings (SSSR count). The Morgan fingerprint density at radius 1 is 1.20 bits per heavy atom. The molecule has 0 saturated carbocycles. The fourth-order valence-corrected chi connectivity index (χ4v) is 2.05. The third-order valence-electron chi connectivity index (χ3n) is 2.88. The zero-order valence-corrected chi connectivity index (χ0v) is 11.4. The van der Waals surface area contributed by atoms with Crippen LogP contribution < -0.4 is 10.5 Å². The van der Waals surface area contributed by atoms with Crippen LogP contribution in [0.4, 0.5) is 5.69 Å². The minimum Gasteiger partial charge on any atom is -0.493 e. The lowest BCUT2D eigenvalue weighted by atomic mass is 10.3. The maximum Gasteiger partial charge on any atom is 0.198 e. The molecule has 20 heavy (non-hydrogen) atoms. The van der Waals surface area contributed by atoms with E-state index in [4.69, 9.17) is 26.5 Å². The van der Waals surface area contributed by atoms with Crippen molar-refractivity contribution in [2.24, 2.45) is 0 Å². The summed E-state index contributed by atoms with van der Waals surface area (Å²) in [5.74, 6) is 1.44.